The summed E-state index contributed by atoms with van der Waals surface area (Å²) in [6.07, 6.45) is 1.68. The lowest BCUT2D eigenvalue weighted by molar-refractivity contribution is 0.838. The fourth-order valence-corrected chi connectivity index (χ4v) is 4.00. The van der Waals surface area contributed by atoms with Crippen LogP contribution in [-0.4, -0.2) is 14.0 Å². The Kier molecular flexibility index (Phi) is 3.18. The fourth-order valence-electron chi connectivity index (χ4n) is 3.76. The maximum atomic E-state index is 13.2. The molecule has 2 aromatic carbocycles. The van der Waals surface area contributed by atoms with Gasteiger partial charge in [-0.2, -0.15) is 0 Å². The van der Waals surface area contributed by atoms with Crippen LogP contribution in [0.25, 0.3) is 38.4 Å². The molecule has 0 atom stereocenters. The Bertz CT molecular complexity index is 1370. The average Bonchev–Trinajstić information content (AvgIpc) is 3.03. The molecule has 0 saturated heterocycles. The van der Waals surface area contributed by atoms with E-state index in [0.717, 1.165) is 32.9 Å². The summed E-state index contributed by atoms with van der Waals surface area (Å²) in [5.74, 6) is 0. The third-order valence-electron chi connectivity index (χ3n) is 4.89. The van der Waals surface area contributed by atoms with Gasteiger partial charge in [-0.15, -0.1) is 0 Å². The highest BCUT2D eigenvalue weighted by molar-refractivity contribution is 6.35. The molecule has 4 nitrogen and oxygen atoms in total. The van der Waals surface area contributed by atoms with Crippen LogP contribution in [0.5, 0.6) is 0 Å². The Morgan fingerprint density at radius 3 is 2.42 bits per heavy atom. The molecule has 5 rings (SSSR count). The number of fused-ring (bicyclic) bond motifs is 5. The highest BCUT2D eigenvalue weighted by atomic mass is 35.5. The van der Waals surface area contributed by atoms with Crippen molar-refractivity contribution < 1.29 is 0 Å². The summed E-state index contributed by atoms with van der Waals surface area (Å²) in [5.41, 5.74) is 4.29. The summed E-state index contributed by atoms with van der Waals surface area (Å²) in [6.45, 7) is 0. The predicted octanol–water partition coefficient (Wildman–Crippen LogP) is 4.66. The lowest BCUT2D eigenvalue weighted by Crippen LogP contribution is -2.24. The molecule has 0 unspecified atom stereocenters. The normalized spacial score (nSPS) is 11.6. The lowest BCUT2D eigenvalue weighted by Gasteiger charge is -2.09. The second kappa shape index (κ2) is 5.44. The lowest BCUT2D eigenvalue weighted by atomic mass is 10.0. The zero-order valence-corrected chi connectivity index (χ0v) is 14.7. The van der Waals surface area contributed by atoms with E-state index in [9.17, 15) is 4.79 Å². The first-order valence-corrected chi connectivity index (χ1v) is 8.68. The van der Waals surface area contributed by atoms with Crippen LogP contribution in [0.15, 0.2) is 71.7 Å². The van der Waals surface area contributed by atoms with Gasteiger partial charge in [-0.3, -0.25) is 8.97 Å². The number of para-hydroxylation sites is 1. The van der Waals surface area contributed by atoms with E-state index in [2.05, 4.69) is 17.1 Å². The second-order valence-corrected chi connectivity index (χ2v) is 6.64. The largest absolute Gasteiger partial charge is 0.333 e. The standard InChI is InChI=1S/C21H14ClN3O/c1-24-16-10-6-5-9-14(16)18-17(13-7-3-2-4-8-13)15-11-12-23-20(22)19(15)25(18)21(24)26/h2-12H,1H3. The fraction of sp³-hybridized carbons (Fsp3) is 0.0476. The summed E-state index contributed by atoms with van der Waals surface area (Å²) in [5, 5.41) is 2.25. The van der Waals surface area contributed by atoms with Gasteiger partial charge in [0.25, 0.3) is 0 Å². The van der Waals surface area contributed by atoms with Crippen LogP contribution in [0.2, 0.25) is 5.15 Å². The molecule has 3 heterocycles. The highest BCUT2D eigenvalue weighted by Crippen LogP contribution is 2.39. The predicted molar refractivity (Wildman–Crippen MR) is 106 cm³/mol. The number of aryl methyl sites for hydroxylation is 1. The van der Waals surface area contributed by atoms with Crippen molar-refractivity contribution in [3.8, 4) is 11.1 Å². The van der Waals surface area contributed by atoms with Gasteiger partial charge in [-0.1, -0.05) is 60.1 Å². The van der Waals surface area contributed by atoms with Gasteiger partial charge in [0.1, 0.15) is 0 Å². The van der Waals surface area contributed by atoms with E-state index in [-0.39, 0.29) is 5.69 Å². The van der Waals surface area contributed by atoms with Crippen LogP contribution in [0.1, 0.15) is 0 Å². The summed E-state index contributed by atoms with van der Waals surface area (Å²) >= 11 is 6.43. The third-order valence-corrected chi connectivity index (χ3v) is 5.17. The molecule has 0 radical (unpaired) electrons. The monoisotopic (exact) mass is 359 g/mol. The van der Waals surface area contributed by atoms with Crippen molar-refractivity contribution in [3.63, 3.8) is 0 Å². The van der Waals surface area contributed by atoms with Crippen LogP contribution in [0.3, 0.4) is 0 Å². The SMILES string of the molecule is Cn1c(=O)n2c3c(Cl)nccc3c(-c3ccccc3)c2c2ccccc21. The van der Waals surface area contributed by atoms with Crippen molar-refractivity contribution >= 4 is 38.9 Å². The maximum absolute atomic E-state index is 13.2. The Morgan fingerprint density at radius 2 is 1.62 bits per heavy atom. The van der Waals surface area contributed by atoms with Gasteiger partial charge in [0.05, 0.1) is 16.6 Å². The van der Waals surface area contributed by atoms with Gasteiger partial charge in [0.15, 0.2) is 5.15 Å². The van der Waals surface area contributed by atoms with E-state index in [1.165, 1.54) is 0 Å². The smallest absolute Gasteiger partial charge is 0.296 e. The summed E-state index contributed by atoms with van der Waals surface area (Å²) in [6, 6.07) is 19.9. The van der Waals surface area contributed by atoms with Crippen LogP contribution in [-0.2, 0) is 7.05 Å². The number of rotatable bonds is 1. The molecule has 5 aromatic rings. The average molecular weight is 360 g/mol. The van der Waals surface area contributed by atoms with Gasteiger partial charge in [0, 0.05) is 29.6 Å². The first-order chi connectivity index (χ1) is 12.7. The van der Waals surface area contributed by atoms with Gasteiger partial charge >= 0.3 is 5.69 Å². The minimum absolute atomic E-state index is 0.138. The maximum Gasteiger partial charge on any atom is 0.333 e. The quantitative estimate of drug-likeness (QED) is 0.408. The Labute approximate surface area is 153 Å². The topological polar surface area (TPSA) is 39.3 Å². The van der Waals surface area contributed by atoms with Crippen LogP contribution in [0, 0.1) is 0 Å². The van der Waals surface area contributed by atoms with Crippen molar-refractivity contribution in [3.05, 3.63) is 82.5 Å². The molecule has 0 bridgehead atoms. The van der Waals surface area contributed by atoms with Crippen molar-refractivity contribution in [1.82, 2.24) is 14.0 Å². The molecule has 3 aromatic heterocycles. The van der Waals surface area contributed by atoms with E-state index in [1.54, 1.807) is 22.2 Å². The van der Waals surface area contributed by atoms with Crippen molar-refractivity contribution in [2.75, 3.05) is 0 Å². The minimum Gasteiger partial charge on any atom is -0.296 e. The van der Waals surface area contributed by atoms with Crippen molar-refractivity contribution in [2.24, 2.45) is 7.05 Å². The number of halogens is 1. The summed E-state index contributed by atoms with van der Waals surface area (Å²) in [4.78, 5) is 17.4. The molecule has 0 amide bonds. The molecule has 0 fully saturated rings. The number of pyridine rings is 1. The van der Waals surface area contributed by atoms with Gasteiger partial charge in [0.2, 0.25) is 0 Å². The van der Waals surface area contributed by atoms with E-state index >= 15 is 0 Å². The molecule has 0 aliphatic rings. The third kappa shape index (κ3) is 1.90. The second-order valence-electron chi connectivity index (χ2n) is 6.28. The van der Waals surface area contributed by atoms with Crippen molar-refractivity contribution in [2.45, 2.75) is 0 Å². The Hall–Kier alpha value is -3.11. The molecule has 26 heavy (non-hydrogen) atoms. The number of benzene rings is 2. The Morgan fingerprint density at radius 1 is 0.885 bits per heavy atom. The minimum atomic E-state index is -0.138. The summed E-state index contributed by atoms with van der Waals surface area (Å²) in [7, 11) is 1.78. The summed E-state index contributed by atoms with van der Waals surface area (Å²) < 4.78 is 3.34. The first kappa shape index (κ1) is 15.2. The Balaban J connectivity index is 2.20. The van der Waals surface area contributed by atoms with Crippen molar-refractivity contribution in [1.29, 1.82) is 0 Å². The van der Waals surface area contributed by atoms with Crippen LogP contribution >= 0.6 is 11.6 Å². The number of aromatic nitrogens is 3. The van der Waals surface area contributed by atoms with Gasteiger partial charge in [-0.25, -0.2) is 9.78 Å². The van der Waals surface area contributed by atoms with Gasteiger partial charge in [-0.05, 0) is 17.7 Å². The molecule has 5 heteroatoms. The van der Waals surface area contributed by atoms with E-state index < -0.39 is 0 Å². The number of hydrogen-bond acceptors (Lipinski definition) is 2. The zero-order chi connectivity index (χ0) is 17.8. The molecule has 0 aliphatic heterocycles. The van der Waals surface area contributed by atoms with E-state index in [0.29, 0.717) is 10.7 Å². The van der Waals surface area contributed by atoms with E-state index in [4.69, 9.17) is 11.6 Å². The molecule has 0 saturated carbocycles. The molecule has 0 aliphatic carbocycles. The molecular formula is C21H14ClN3O. The zero-order valence-electron chi connectivity index (χ0n) is 14.0. The van der Waals surface area contributed by atoms with Crippen LogP contribution < -0.4 is 5.69 Å². The number of nitrogens with zero attached hydrogens (tertiary/aromatic N) is 3. The molecule has 126 valence electrons. The number of hydrogen-bond donors (Lipinski definition) is 0. The molecular weight excluding hydrogens is 346 g/mol. The van der Waals surface area contributed by atoms with E-state index in [1.807, 2.05) is 48.5 Å². The first-order valence-electron chi connectivity index (χ1n) is 8.30. The molecule has 0 spiro atoms. The molecule has 0 N–H and O–H groups in total. The van der Waals surface area contributed by atoms with Crippen LogP contribution in [0.4, 0.5) is 0 Å². The highest BCUT2D eigenvalue weighted by Gasteiger charge is 2.21. The van der Waals surface area contributed by atoms with Gasteiger partial charge < -0.3 is 0 Å².